The average Bonchev–Trinajstić information content (AvgIpc) is 2.32. The van der Waals surface area contributed by atoms with Gasteiger partial charge < -0.3 is 10.5 Å². The second-order valence-electron chi connectivity index (χ2n) is 3.86. The maximum atomic E-state index is 5.82. The molecule has 0 aliphatic carbocycles. The van der Waals surface area contributed by atoms with Gasteiger partial charge in [0.1, 0.15) is 11.5 Å². The fraction of sp³-hybridized carbons (Fsp3) is 0.143. The number of hydrogen-bond donors (Lipinski definition) is 1. The molecule has 2 aromatic carbocycles. The number of aryl methyl sites for hydroxylation is 1. The molecule has 0 saturated heterocycles. The first-order valence-corrected chi connectivity index (χ1v) is 6.21. The zero-order valence-corrected chi connectivity index (χ0v) is 11.2. The normalized spacial score (nSPS) is 10.3. The topological polar surface area (TPSA) is 35.2 Å². The molecule has 2 aromatic rings. The highest BCUT2D eigenvalue weighted by Gasteiger charge is 2.02. The first-order valence-electron chi connectivity index (χ1n) is 5.42. The quantitative estimate of drug-likeness (QED) is 0.927. The van der Waals surface area contributed by atoms with E-state index in [9.17, 15) is 0 Å². The Morgan fingerprint density at radius 2 is 2.00 bits per heavy atom. The number of ether oxygens (including phenoxy) is 1. The molecule has 0 atom stereocenters. The molecule has 0 aliphatic heterocycles. The Morgan fingerprint density at radius 3 is 2.65 bits per heavy atom. The Balaban J connectivity index is 2.24. The van der Waals surface area contributed by atoms with E-state index in [-0.39, 0.29) is 0 Å². The van der Waals surface area contributed by atoms with Gasteiger partial charge in [-0.05, 0) is 42.3 Å². The van der Waals surface area contributed by atoms with Crippen LogP contribution in [0.2, 0.25) is 0 Å². The van der Waals surface area contributed by atoms with E-state index in [1.807, 2.05) is 49.4 Å². The van der Waals surface area contributed by atoms with E-state index in [1.165, 1.54) is 0 Å². The van der Waals surface area contributed by atoms with Crippen molar-refractivity contribution in [3.8, 4) is 11.5 Å². The highest BCUT2D eigenvalue weighted by atomic mass is 79.9. The summed E-state index contributed by atoms with van der Waals surface area (Å²) in [6.07, 6.45) is 0. The molecule has 3 heteroatoms. The van der Waals surface area contributed by atoms with Crippen LogP contribution < -0.4 is 10.5 Å². The van der Waals surface area contributed by atoms with E-state index in [4.69, 9.17) is 10.5 Å². The molecule has 2 rings (SSSR count). The summed E-state index contributed by atoms with van der Waals surface area (Å²) in [6, 6.07) is 13.8. The molecule has 0 amide bonds. The first kappa shape index (κ1) is 12.1. The van der Waals surface area contributed by atoms with Crippen LogP contribution >= 0.6 is 15.9 Å². The summed E-state index contributed by atoms with van der Waals surface area (Å²) < 4.78 is 6.82. The summed E-state index contributed by atoms with van der Waals surface area (Å²) in [5, 5.41) is 0. The molecule has 0 fully saturated rings. The van der Waals surface area contributed by atoms with Crippen LogP contribution in [-0.2, 0) is 6.54 Å². The van der Waals surface area contributed by atoms with E-state index in [0.717, 1.165) is 27.1 Å². The monoisotopic (exact) mass is 291 g/mol. The summed E-state index contributed by atoms with van der Waals surface area (Å²) in [6.45, 7) is 2.57. The van der Waals surface area contributed by atoms with Crippen molar-refractivity contribution >= 4 is 15.9 Å². The van der Waals surface area contributed by atoms with Crippen molar-refractivity contribution in [2.24, 2.45) is 5.73 Å². The van der Waals surface area contributed by atoms with Gasteiger partial charge in [0.25, 0.3) is 0 Å². The zero-order chi connectivity index (χ0) is 12.3. The molecule has 2 nitrogen and oxygen atoms in total. The van der Waals surface area contributed by atoms with Gasteiger partial charge in [0.05, 0.1) is 0 Å². The molecule has 0 heterocycles. The standard InChI is InChI=1S/C14H14BrNO/c1-10-7-11(9-16)5-6-14(10)17-13-4-2-3-12(15)8-13/h2-8H,9,16H2,1H3. The van der Waals surface area contributed by atoms with Crippen LogP contribution in [0.3, 0.4) is 0 Å². The minimum Gasteiger partial charge on any atom is -0.457 e. The number of rotatable bonds is 3. The van der Waals surface area contributed by atoms with Crippen molar-refractivity contribution in [3.63, 3.8) is 0 Å². The number of nitrogens with two attached hydrogens (primary N) is 1. The third kappa shape index (κ3) is 3.08. The molecule has 0 spiro atoms. The van der Waals surface area contributed by atoms with Crippen LogP contribution in [0.4, 0.5) is 0 Å². The molecule has 0 radical (unpaired) electrons. The Labute approximate surface area is 110 Å². The van der Waals surface area contributed by atoms with Gasteiger partial charge in [0, 0.05) is 11.0 Å². The summed E-state index contributed by atoms with van der Waals surface area (Å²) >= 11 is 3.42. The van der Waals surface area contributed by atoms with Crippen molar-refractivity contribution in [3.05, 3.63) is 58.1 Å². The van der Waals surface area contributed by atoms with Crippen molar-refractivity contribution in [1.29, 1.82) is 0 Å². The fourth-order valence-electron chi connectivity index (χ4n) is 1.61. The fourth-order valence-corrected chi connectivity index (χ4v) is 1.99. The molecular formula is C14H14BrNO. The molecule has 0 saturated carbocycles. The zero-order valence-electron chi connectivity index (χ0n) is 9.61. The Hall–Kier alpha value is -1.32. The maximum absolute atomic E-state index is 5.82. The van der Waals surface area contributed by atoms with E-state index < -0.39 is 0 Å². The Kier molecular flexibility index (Phi) is 3.82. The van der Waals surface area contributed by atoms with Crippen molar-refractivity contribution in [2.45, 2.75) is 13.5 Å². The van der Waals surface area contributed by atoms with Gasteiger partial charge in [0.15, 0.2) is 0 Å². The van der Waals surface area contributed by atoms with E-state index in [2.05, 4.69) is 15.9 Å². The van der Waals surface area contributed by atoms with Gasteiger partial charge in [-0.2, -0.15) is 0 Å². The molecule has 0 aliphatic rings. The Morgan fingerprint density at radius 1 is 1.18 bits per heavy atom. The number of benzene rings is 2. The second kappa shape index (κ2) is 5.34. The minimum atomic E-state index is 0.554. The number of halogens is 1. The SMILES string of the molecule is Cc1cc(CN)ccc1Oc1cccc(Br)c1. The lowest BCUT2D eigenvalue weighted by atomic mass is 10.1. The molecular weight excluding hydrogens is 278 g/mol. The molecule has 0 aromatic heterocycles. The first-order chi connectivity index (χ1) is 8.19. The summed E-state index contributed by atoms with van der Waals surface area (Å²) in [7, 11) is 0. The lowest BCUT2D eigenvalue weighted by Crippen LogP contribution is -1.97. The molecule has 17 heavy (non-hydrogen) atoms. The van der Waals surface area contributed by atoms with E-state index in [1.54, 1.807) is 0 Å². The summed E-state index contributed by atoms with van der Waals surface area (Å²) in [4.78, 5) is 0. The second-order valence-corrected chi connectivity index (χ2v) is 4.78. The van der Waals surface area contributed by atoms with Gasteiger partial charge in [0.2, 0.25) is 0 Å². The van der Waals surface area contributed by atoms with Crippen molar-refractivity contribution < 1.29 is 4.74 Å². The maximum Gasteiger partial charge on any atom is 0.130 e. The highest BCUT2D eigenvalue weighted by molar-refractivity contribution is 9.10. The van der Waals surface area contributed by atoms with Crippen molar-refractivity contribution in [2.75, 3.05) is 0 Å². The predicted octanol–water partition coefficient (Wildman–Crippen LogP) is 4.01. The van der Waals surface area contributed by atoms with Crippen molar-refractivity contribution in [1.82, 2.24) is 0 Å². The lowest BCUT2D eigenvalue weighted by Gasteiger charge is -2.10. The van der Waals surface area contributed by atoms with Gasteiger partial charge in [-0.1, -0.05) is 34.1 Å². The van der Waals surface area contributed by atoms with Crippen LogP contribution in [0, 0.1) is 6.92 Å². The lowest BCUT2D eigenvalue weighted by molar-refractivity contribution is 0.478. The predicted molar refractivity (Wildman–Crippen MR) is 73.3 cm³/mol. The molecule has 88 valence electrons. The van der Waals surface area contributed by atoms with Gasteiger partial charge in [-0.15, -0.1) is 0 Å². The molecule has 0 unspecified atom stereocenters. The van der Waals surface area contributed by atoms with Gasteiger partial charge >= 0.3 is 0 Å². The van der Waals surface area contributed by atoms with Crippen LogP contribution in [0.5, 0.6) is 11.5 Å². The highest BCUT2D eigenvalue weighted by Crippen LogP contribution is 2.27. The average molecular weight is 292 g/mol. The Bertz CT molecular complexity index is 525. The number of hydrogen-bond acceptors (Lipinski definition) is 2. The van der Waals surface area contributed by atoms with Crippen LogP contribution in [0.15, 0.2) is 46.9 Å². The summed E-state index contributed by atoms with van der Waals surface area (Å²) in [5.74, 6) is 1.68. The van der Waals surface area contributed by atoms with Crippen LogP contribution in [0.25, 0.3) is 0 Å². The minimum absolute atomic E-state index is 0.554. The molecule has 0 bridgehead atoms. The largest absolute Gasteiger partial charge is 0.457 e. The van der Waals surface area contributed by atoms with E-state index in [0.29, 0.717) is 6.54 Å². The van der Waals surface area contributed by atoms with E-state index >= 15 is 0 Å². The third-order valence-electron chi connectivity index (χ3n) is 2.50. The van der Waals surface area contributed by atoms with Gasteiger partial charge in [-0.3, -0.25) is 0 Å². The van der Waals surface area contributed by atoms with Gasteiger partial charge in [-0.25, -0.2) is 0 Å². The van der Waals surface area contributed by atoms with Crippen LogP contribution in [0.1, 0.15) is 11.1 Å². The third-order valence-corrected chi connectivity index (χ3v) is 2.99. The summed E-state index contributed by atoms with van der Waals surface area (Å²) in [5.41, 5.74) is 7.80. The van der Waals surface area contributed by atoms with Crippen LogP contribution in [-0.4, -0.2) is 0 Å². The smallest absolute Gasteiger partial charge is 0.130 e. The molecule has 2 N–H and O–H groups in total.